The highest BCUT2D eigenvalue weighted by atomic mass is 32.2. The van der Waals surface area contributed by atoms with E-state index in [1.165, 1.54) is 6.07 Å². The fourth-order valence-electron chi connectivity index (χ4n) is 2.11. The molecule has 1 unspecified atom stereocenters. The molecule has 7 heteroatoms. The van der Waals surface area contributed by atoms with Gasteiger partial charge in [-0.05, 0) is 43.1 Å². The molecule has 3 N–H and O–H groups in total. The largest absolute Gasteiger partial charge is 0.310 e. The molecule has 0 aliphatic rings. The summed E-state index contributed by atoms with van der Waals surface area (Å²) in [4.78, 5) is 0.140. The number of nitrogens with zero attached hydrogens (tertiary/aromatic N) is 2. The molecular formula is C14H20N4O2S. The van der Waals surface area contributed by atoms with Gasteiger partial charge < -0.3 is 5.32 Å². The monoisotopic (exact) mass is 308 g/mol. The van der Waals surface area contributed by atoms with Gasteiger partial charge in [-0.3, -0.25) is 4.68 Å². The summed E-state index contributed by atoms with van der Waals surface area (Å²) in [5.74, 6) is 0. The predicted molar refractivity (Wildman–Crippen MR) is 81.1 cm³/mol. The molecule has 0 radical (unpaired) electrons. The molecule has 1 heterocycles. The normalized spacial score (nSPS) is 13.3. The molecule has 2 aromatic rings. The lowest BCUT2D eigenvalue weighted by atomic mass is 10.1. The highest BCUT2D eigenvalue weighted by molar-refractivity contribution is 7.89. The average Bonchev–Trinajstić information content (AvgIpc) is 2.83. The SMILES string of the molecule is CC(NCCc1cnn(C)c1)c1cccc(S(N)(=O)=O)c1. The lowest BCUT2D eigenvalue weighted by Crippen LogP contribution is -2.22. The van der Waals surface area contributed by atoms with Crippen LogP contribution < -0.4 is 10.5 Å². The first kappa shape index (κ1) is 15.7. The number of benzene rings is 1. The Bertz CT molecular complexity index is 709. The second-order valence-electron chi connectivity index (χ2n) is 5.07. The van der Waals surface area contributed by atoms with Crippen molar-refractivity contribution < 1.29 is 8.42 Å². The fraction of sp³-hybridized carbons (Fsp3) is 0.357. The number of aromatic nitrogens is 2. The van der Waals surface area contributed by atoms with Crippen LogP contribution in [-0.4, -0.2) is 24.7 Å². The van der Waals surface area contributed by atoms with E-state index in [2.05, 4.69) is 10.4 Å². The average molecular weight is 308 g/mol. The van der Waals surface area contributed by atoms with Gasteiger partial charge in [0.15, 0.2) is 0 Å². The van der Waals surface area contributed by atoms with Gasteiger partial charge in [-0.15, -0.1) is 0 Å². The lowest BCUT2D eigenvalue weighted by molar-refractivity contribution is 0.574. The molecule has 0 saturated carbocycles. The van der Waals surface area contributed by atoms with Crippen molar-refractivity contribution in [1.82, 2.24) is 15.1 Å². The second-order valence-corrected chi connectivity index (χ2v) is 6.63. The Hall–Kier alpha value is -1.70. The van der Waals surface area contributed by atoms with Crippen LogP contribution in [0.1, 0.15) is 24.1 Å². The maximum absolute atomic E-state index is 11.4. The van der Waals surface area contributed by atoms with Crippen molar-refractivity contribution in [2.45, 2.75) is 24.3 Å². The molecule has 1 atom stereocenters. The maximum Gasteiger partial charge on any atom is 0.238 e. The molecule has 114 valence electrons. The molecular weight excluding hydrogens is 288 g/mol. The zero-order chi connectivity index (χ0) is 15.5. The van der Waals surface area contributed by atoms with Crippen molar-refractivity contribution in [3.63, 3.8) is 0 Å². The highest BCUT2D eigenvalue weighted by Crippen LogP contribution is 2.16. The van der Waals surface area contributed by atoms with Gasteiger partial charge in [0.25, 0.3) is 0 Å². The predicted octanol–water partition coefficient (Wildman–Crippen LogP) is 0.961. The Kier molecular flexibility index (Phi) is 4.76. The molecule has 2 rings (SSSR count). The first-order valence-corrected chi connectivity index (χ1v) is 8.24. The van der Waals surface area contributed by atoms with E-state index in [4.69, 9.17) is 5.14 Å². The van der Waals surface area contributed by atoms with E-state index in [9.17, 15) is 8.42 Å². The molecule has 0 spiro atoms. The van der Waals surface area contributed by atoms with Gasteiger partial charge >= 0.3 is 0 Å². The third kappa shape index (κ3) is 4.38. The number of sulfonamides is 1. The fourth-order valence-corrected chi connectivity index (χ4v) is 2.68. The second kappa shape index (κ2) is 6.38. The number of nitrogens with two attached hydrogens (primary N) is 1. The first-order valence-electron chi connectivity index (χ1n) is 6.70. The topological polar surface area (TPSA) is 90.0 Å². The molecule has 0 fully saturated rings. The number of aryl methyl sites for hydroxylation is 1. The number of primary sulfonamides is 1. The van der Waals surface area contributed by atoms with Crippen LogP contribution in [0.4, 0.5) is 0 Å². The third-order valence-electron chi connectivity index (χ3n) is 3.31. The van der Waals surface area contributed by atoms with Crippen LogP contribution in [0.15, 0.2) is 41.6 Å². The van der Waals surface area contributed by atoms with E-state index in [-0.39, 0.29) is 10.9 Å². The van der Waals surface area contributed by atoms with Gasteiger partial charge in [0.1, 0.15) is 0 Å². The van der Waals surface area contributed by atoms with Crippen LogP contribution >= 0.6 is 0 Å². The van der Waals surface area contributed by atoms with Gasteiger partial charge in [0.05, 0.1) is 11.1 Å². The summed E-state index contributed by atoms with van der Waals surface area (Å²) in [6.07, 6.45) is 4.69. The van der Waals surface area contributed by atoms with Crippen LogP contribution in [0.5, 0.6) is 0 Å². The third-order valence-corrected chi connectivity index (χ3v) is 4.22. The van der Waals surface area contributed by atoms with Crippen molar-refractivity contribution in [2.24, 2.45) is 12.2 Å². The van der Waals surface area contributed by atoms with E-state index in [1.54, 1.807) is 16.8 Å². The molecule has 0 amide bonds. The van der Waals surface area contributed by atoms with Crippen LogP contribution in [0.2, 0.25) is 0 Å². The lowest BCUT2D eigenvalue weighted by Gasteiger charge is -2.14. The van der Waals surface area contributed by atoms with E-state index >= 15 is 0 Å². The summed E-state index contributed by atoms with van der Waals surface area (Å²) in [6.45, 7) is 2.78. The number of nitrogens with one attached hydrogen (secondary N) is 1. The smallest absolute Gasteiger partial charge is 0.238 e. The zero-order valence-electron chi connectivity index (χ0n) is 12.2. The van der Waals surface area contributed by atoms with E-state index in [1.807, 2.05) is 32.4 Å². The van der Waals surface area contributed by atoms with Crippen molar-refractivity contribution >= 4 is 10.0 Å². The summed E-state index contributed by atoms with van der Waals surface area (Å²) in [6, 6.07) is 6.74. The molecule has 1 aromatic heterocycles. The minimum atomic E-state index is -3.66. The zero-order valence-corrected chi connectivity index (χ0v) is 13.0. The Balaban J connectivity index is 1.95. The van der Waals surface area contributed by atoms with Gasteiger partial charge in [-0.1, -0.05) is 12.1 Å². The van der Waals surface area contributed by atoms with Crippen LogP contribution in [0, 0.1) is 0 Å². The highest BCUT2D eigenvalue weighted by Gasteiger charge is 2.11. The Morgan fingerprint density at radius 2 is 2.19 bits per heavy atom. The van der Waals surface area contributed by atoms with Crippen molar-refractivity contribution in [3.05, 3.63) is 47.8 Å². The van der Waals surface area contributed by atoms with Crippen LogP contribution in [-0.2, 0) is 23.5 Å². The molecule has 0 aliphatic heterocycles. The molecule has 6 nitrogen and oxygen atoms in total. The van der Waals surface area contributed by atoms with Crippen LogP contribution in [0.25, 0.3) is 0 Å². The maximum atomic E-state index is 11.4. The van der Waals surface area contributed by atoms with Crippen molar-refractivity contribution in [1.29, 1.82) is 0 Å². The van der Waals surface area contributed by atoms with Gasteiger partial charge in [0, 0.05) is 19.3 Å². The minimum absolute atomic E-state index is 0.0448. The number of hydrogen-bond donors (Lipinski definition) is 2. The van der Waals surface area contributed by atoms with Gasteiger partial charge in [-0.25, -0.2) is 13.6 Å². The minimum Gasteiger partial charge on any atom is -0.310 e. The molecule has 0 aliphatic carbocycles. The molecule has 1 aromatic carbocycles. The van der Waals surface area contributed by atoms with Crippen molar-refractivity contribution in [3.8, 4) is 0 Å². The quantitative estimate of drug-likeness (QED) is 0.831. The van der Waals surface area contributed by atoms with E-state index < -0.39 is 10.0 Å². The van der Waals surface area contributed by atoms with Crippen molar-refractivity contribution in [2.75, 3.05) is 6.54 Å². The molecule has 0 saturated heterocycles. The number of rotatable bonds is 6. The standard InChI is InChI=1S/C14H20N4O2S/c1-11(16-7-6-12-9-17-18(2)10-12)13-4-3-5-14(8-13)21(15,19)20/h3-5,8-11,16H,6-7H2,1-2H3,(H2,15,19,20). The first-order chi connectivity index (χ1) is 9.86. The number of hydrogen-bond acceptors (Lipinski definition) is 4. The summed E-state index contributed by atoms with van der Waals surface area (Å²) in [5.41, 5.74) is 2.06. The Morgan fingerprint density at radius 3 is 2.81 bits per heavy atom. The summed E-state index contributed by atoms with van der Waals surface area (Å²) in [5, 5.41) is 12.6. The van der Waals surface area contributed by atoms with Crippen LogP contribution in [0.3, 0.4) is 0 Å². The van der Waals surface area contributed by atoms with E-state index in [0.29, 0.717) is 0 Å². The van der Waals surface area contributed by atoms with Gasteiger partial charge in [0.2, 0.25) is 10.0 Å². The van der Waals surface area contributed by atoms with E-state index in [0.717, 1.165) is 24.1 Å². The summed E-state index contributed by atoms with van der Waals surface area (Å²) >= 11 is 0. The Morgan fingerprint density at radius 1 is 1.43 bits per heavy atom. The van der Waals surface area contributed by atoms with Gasteiger partial charge in [-0.2, -0.15) is 5.10 Å². The summed E-state index contributed by atoms with van der Waals surface area (Å²) in [7, 11) is -1.77. The Labute approximate surface area is 125 Å². The molecule has 21 heavy (non-hydrogen) atoms. The molecule has 0 bridgehead atoms. The summed E-state index contributed by atoms with van der Waals surface area (Å²) < 4.78 is 24.5.